The molecule has 0 atom stereocenters. The van der Waals surface area contributed by atoms with Crippen LogP contribution in [-0.2, 0) is 6.61 Å². The Morgan fingerprint density at radius 1 is 1.00 bits per heavy atom. The first-order valence-electron chi connectivity index (χ1n) is 6.31. The van der Waals surface area contributed by atoms with Crippen molar-refractivity contribution in [3.8, 4) is 17.9 Å². The van der Waals surface area contributed by atoms with Crippen LogP contribution in [0.25, 0.3) is 6.08 Å². The Hall–Kier alpha value is -3.18. The fraction of sp³-hybridized carbons (Fsp3) is 0.0588. The van der Waals surface area contributed by atoms with Crippen LogP contribution in [0.4, 0.5) is 8.78 Å². The molecule has 3 nitrogen and oxygen atoms in total. The SMILES string of the molecule is N#CC(C#N)=Cc1ccc(COc2c(F)cccc2F)cc1. The van der Waals surface area contributed by atoms with Crippen LogP contribution in [0.2, 0.25) is 0 Å². The van der Waals surface area contributed by atoms with E-state index in [1.165, 1.54) is 12.1 Å². The number of ether oxygens (including phenoxy) is 1. The Morgan fingerprint density at radius 3 is 2.14 bits per heavy atom. The summed E-state index contributed by atoms with van der Waals surface area (Å²) in [4.78, 5) is 0. The van der Waals surface area contributed by atoms with Crippen molar-refractivity contribution in [2.45, 2.75) is 6.61 Å². The predicted molar refractivity (Wildman–Crippen MR) is 76.3 cm³/mol. The summed E-state index contributed by atoms with van der Waals surface area (Å²) in [7, 11) is 0. The monoisotopic (exact) mass is 296 g/mol. The maximum Gasteiger partial charge on any atom is 0.191 e. The van der Waals surface area contributed by atoms with Gasteiger partial charge in [0.25, 0.3) is 0 Å². The van der Waals surface area contributed by atoms with Gasteiger partial charge in [0.05, 0.1) is 0 Å². The third-order valence-electron chi connectivity index (χ3n) is 2.83. The summed E-state index contributed by atoms with van der Waals surface area (Å²) in [6.45, 7) is 0.00516. The quantitative estimate of drug-likeness (QED) is 0.802. The highest BCUT2D eigenvalue weighted by Crippen LogP contribution is 2.22. The van der Waals surface area contributed by atoms with Gasteiger partial charge in [0.1, 0.15) is 24.3 Å². The van der Waals surface area contributed by atoms with Crippen LogP contribution < -0.4 is 4.74 Å². The largest absolute Gasteiger partial charge is 0.483 e. The van der Waals surface area contributed by atoms with E-state index in [4.69, 9.17) is 15.3 Å². The van der Waals surface area contributed by atoms with Crippen molar-refractivity contribution < 1.29 is 13.5 Å². The van der Waals surface area contributed by atoms with Gasteiger partial charge < -0.3 is 4.74 Å². The van der Waals surface area contributed by atoms with Gasteiger partial charge in [0.15, 0.2) is 17.4 Å². The van der Waals surface area contributed by atoms with E-state index in [0.717, 1.165) is 12.1 Å². The number of nitriles is 2. The minimum atomic E-state index is -0.757. The normalized spacial score (nSPS) is 9.45. The number of para-hydroxylation sites is 1. The van der Waals surface area contributed by atoms with E-state index >= 15 is 0 Å². The molecule has 0 radical (unpaired) electrons. The molecule has 0 aromatic heterocycles. The van der Waals surface area contributed by atoms with Gasteiger partial charge in [0, 0.05) is 0 Å². The van der Waals surface area contributed by atoms with Crippen LogP contribution in [0.1, 0.15) is 11.1 Å². The molecule has 0 saturated heterocycles. The fourth-order valence-corrected chi connectivity index (χ4v) is 1.74. The highest BCUT2D eigenvalue weighted by Gasteiger charge is 2.09. The minimum absolute atomic E-state index is 0.00238. The van der Waals surface area contributed by atoms with Gasteiger partial charge in [-0.05, 0) is 29.3 Å². The first kappa shape index (κ1) is 15.2. The molecule has 2 aromatic rings. The zero-order valence-corrected chi connectivity index (χ0v) is 11.4. The van der Waals surface area contributed by atoms with Crippen molar-refractivity contribution in [1.82, 2.24) is 0 Å². The summed E-state index contributed by atoms with van der Waals surface area (Å²) in [5.74, 6) is -1.93. The lowest BCUT2D eigenvalue weighted by atomic mass is 10.1. The first-order valence-corrected chi connectivity index (χ1v) is 6.31. The number of halogens is 2. The van der Waals surface area contributed by atoms with Gasteiger partial charge in [-0.25, -0.2) is 8.78 Å². The van der Waals surface area contributed by atoms with E-state index in [2.05, 4.69) is 0 Å². The maximum atomic E-state index is 13.4. The van der Waals surface area contributed by atoms with Gasteiger partial charge in [-0.2, -0.15) is 10.5 Å². The van der Waals surface area contributed by atoms with Crippen molar-refractivity contribution in [2.24, 2.45) is 0 Å². The average Bonchev–Trinajstić information content (AvgIpc) is 2.53. The Kier molecular flexibility index (Phi) is 4.85. The summed E-state index contributed by atoms with van der Waals surface area (Å²) in [5, 5.41) is 17.3. The second-order valence-corrected chi connectivity index (χ2v) is 4.36. The highest BCUT2D eigenvalue weighted by molar-refractivity contribution is 5.61. The molecule has 5 heteroatoms. The molecule has 0 N–H and O–H groups in total. The van der Waals surface area contributed by atoms with E-state index in [9.17, 15) is 8.78 Å². The molecule has 2 rings (SSSR count). The van der Waals surface area contributed by atoms with Crippen molar-refractivity contribution in [3.63, 3.8) is 0 Å². The lowest BCUT2D eigenvalue weighted by molar-refractivity contribution is 0.274. The summed E-state index contributed by atoms with van der Waals surface area (Å²) >= 11 is 0. The lowest BCUT2D eigenvalue weighted by Crippen LogP contribution is -1.99. The summed E-state index contributed by atoms with van der Waals surface area (Å²) < 4.78 is 32.0. The van der Waals surface area contributed by atoms with Crippen LogP contribution in [0.5, 0.6) is 5.75 Å². The van der Waals surface area contributed by atoms with Gasteiger partial charge in [-0.1, -0.05) is 30.3 Å². The third kappa shape index (κ3) is 3.68. The standard InChI is InChI=1S/C17H10F2N2O/c18-15-2-1-3-16(19)17(15)22-11-13-6-4-12(5-7-13)8-14(9-20)10-21/h1-8H,11H2. The molecule has 0 bridgehead atoms. The molecule has 0 spiro atoms. The molecular weight excluding hydrogens is 286 g/mol. The molecule has 0 unspecified atom stereocenters. The van der Waals surface area contributed by atoms with Gasteiger partial charge >= 0.3 is 0 Å². The first-order chi connectivity index (χ1) is 10.6. The van der Waals surface area contributed by atoms with Crippen molar-refractivity contribution in [2.75, 3.05) is 0 Å². The summed E-state index contributed by atoms with van der Waals surface area (Å²) in [6, 6.07) is 13.8. The highest BCUT2D eigenvalue weighted by atomic mass is 19.1. The zero-order chi connectivity index (χ0) is 15.9. The van der Waals surface area contributed by atoms with Gasteiger partial charge in [0.2, 0.25) is 0 Å². The molecule has 0 aliphatic heterocycles. The van der Waals surface area contributed by atoms with E-state index in [1.807, 2.05) is 0 Å². The average molecular weight is 296 g/mol. The topological polar surface area (TPSA) is 56.8 Å². The van der Waals surface area contributed by atoms with Crippen LogP contribution in [0.3, 0.4) is 0 Å². The second kappa shape index (κ2) is 7.01. The summed E-state index contributed by atoms with van der Waals surface area (Å²) in [5.41, 5.74) is 1.38. The number of rotatable bonds is 4. The fourth-order valence-electron chi connectivity index (χ4n) is 1.74. The van der Waals surface area contributed by atoms with Crippen LogP contribution in [-0.4, -0.2) is 0 Å². The molecule has 2 aromatic carbocycles. The molecule has 0 aliphatic rings. The number of benzene rings is 2. The number of allylic oxidation sites excluding steroid dienone is 1. The zero-order valence-electron chi connectivity index (χ0n) is 11.4. The Bertz CT molecular complexity index is 748. The number of hydrogen-bond donors (Lipinski definition) is 0. The Labute approximate surface area is 126 Å². The van der Waals surface area contributed by atoms with E-state index in [1.54, 1.807) is 36.4 Å². The lowest BCUT2D eigenvalue weighted by Gasteiger charge is -2.08. The number of hydrogen-bond acceptors (Lipinski definition) is 3. The van der Waals surface area contributed by atoms with E-state index in [-0.39, 0.29) is 12.2 Å². The molecule has 0 amide bonds. The van der Waals surface area contributed by atoms with Crippen molar-refractivity contribution in [3.05, 3.63) is 70.8 Å². The van der Waals surface area contributed by atoms with E-state index < -0.39 is 17.4 Å². The van der Waals surface area contributed by atoms with Crippen molar-refractivity contribution >= 4 is 6.08 Å². The molecule has 22 heavy (non-hydrogen) atoms. The maximum absolute atomic E-state index is 13.4. The minimum Gasteiger partial charge on any atom is -0.483 e. The van der Waals surface area contributed by atoms with Crippen molar-refractivity contribution in [1.29, 1.82) is 10.5 Å². The molecule has 0 heterocycles. The van der Waals surface area contributed by atoms with Crippen LogP contribution >= 0.6 is 0 Å². The number of nitrogens with zero attached hydrogens (tertiary/aromatic N) is 2. The van der Waals surface area contributed by atoms with Gasteiger partial charge in [-0.15, -0.1) is 0 Å². The predicted octanol–water partition coefficient (Wildman–Crippen LogP) is 3.97. The van der Waals surface area contributed by atoms with Crippen LogP contribution in [0.15, 0.2) is 48.0 Å². The van der Waals surface area contributed by atoms with Crippen LogP contribution in [0, 0.1) is 34.3 Å². The molecular formula is C17H10F2N2O. The van der Waals surface area contributed by atoms with E-state index in [0.29, 0.717) is 11.1 Å². The molecule has 0 fully saturated rings. The Morgan fingerprint density at radius 2 is 1.59 bits per heavy atom. The Balaban J connectivity index is 2.08. The molecule has 0 aliphatic carbocycles. The second-order valence-electron chi connectivity index (χ2n) is 4.36. The molecule has 108 valence electrons. The molecule has 0 saturated carbocycles. The summed E-state index contributed by atoms with van der Waals surface area (Å²) in [6.07, 6.45) is 1.45. The van der Waals surface area contributed by atoms with Gasteiger partial charge in [-0.3, -0.25) is 0 Å². The third-order valence-corrected chi connectivity index (χ3v) is 2.83. The smallest absolute Gasteiger partial charge is 0.191 e.